The first-order valence-electron chi connectivity index (χ1n) is 9.01. The van der Waals surface area contributed by atoms with Crippen LogP contribution in [0.2, 0.25) is 0 Å². The van der Waals surface area contributed by atoms with Crippen molar-refractivity contribution >= 4 is 17.7 Å². The van der Waals surface area contributed by atoms with Crippen LogP contribution in [-0.4, -0.2) is 46.3 Å². The lowest BCUT2D eigenvalue weighted by molar-refractivity contribution is -0.138. The van der Waals surface area contributed by atoms with Crippen LogP contribution < -0.4 is 0 Å². The Hall–Kier alpha value is -2.11. The molecule has 1 heterocycles. The van der Waals surface area contributed by atoms with Crippen LogP contribution >= 0.6 is 0 Å². The fourth-order valence-electron chi connectivity index (χ4n) is 3.24. The minimum absolute atomic E-state index is 0.0173. The Morgan fingerprint density at radius 3 is 2.08 bits per heavy atom. The summed E-state index contributed by atoms with van der Waals surface area (Å²) in [5.41, 5.74) is 1.75. The van der Waals surface area contributed by atoms with Gasteiger partial charge in [-0.25, -0.2) is 4.79 Å². The van der Waals surface area contributed by atoms with Crippen LogP contribution in [0.3, 0.4) is 0 Å². The van der Waals surface area contributed by atoms with Crippen LogP contribution in [-0.2, 0) is 16.1 Å². The van der Waals surface area contributed by atoms with E-state index < -0.39 is 11.5 Å². The van der Waals surface area contributed by atoms with E-state index in [-0.39, 0.29) is 24.2 Å². The van der Waals surface area contributed by atoms with Crippen LogP contribution in [0.15, 0.2) is 0 Å². The molecular formula is C20H32N2O4. The van der Waals surface area contributed by atoms with Crippen molar-refractivity contribution in [2.45, 2.75) is 67.5 Å². The van der Waals surface area contributed by atoms with E-state index in [9.17, 15) is 14.4 Å². The Morgan fingerprint density at radius 1 is 1.15 bits per heavy atom. The maximum atomic E-state index is 13.1. The standard InChI is InChI=1S/C20H32N2O4/c1-10-21-14(5)16(13(4)17(21)19(25)26-9)15(23)11-22(20(6,7)8)18(24)12(2)3/h12H,10-11H2,1-9H3. The quantitative estimate of drug-likeness (QED) is 0.573. The molecule has 1 rings (SSSR count). The molecule has 6 heteroatoms. The molecule has 0 aliphatic heterocycles. The third-order valence-corrected chi connectivity index (χ3v) is 4.61. The second-order valence-electron chi connectivity index (χ2n) is 7.84. The molecule has 0 saturated carbocycles. The van der Waals surface area contributed by atoms with E-state index in [1.54, 1.807) is 16.4 Å². The molecule has 0 aliphatic carbocycles. The molecule has 0 bridgehead atoms. The van der Waals surface area contributed by atoms with Gasteiger partial charge >= 0.3 is 5.97 Å². The van der Waals surface area contributed by atoms with E-state index in [4.69, 9.17) is 4.74 Å². The summed E-state index contributed by atoms with van der Waals surface area (Å²) in [5.74, 6) is -0.891. The highest BCUT2D eigenvalue weighted by Gasteiger charge is 2.33. The van der Waals surface area contributed by atoms with Gasteiger partial charge in [0.2, 0.25) is 5.91 Å². The minimum atomic E-state index is -0.475. The molecule has 0 atom stereocenters. The molecule has 0 unspecified atom stereocenters. The normalized spacial score (nSPS) is 11.6. The van der Waals surface area contributed by atoms with Gasteiger partial charge in [-0.1, -0.05) is 13.8 Å². The van der Waals surface area contributed by atoms with Crippen molar-refractivity contribution in [3.8, 4) is 0 Å². The van der Waals surface area contributed by atoms with E-state index in [1.165, 1.54) is 7.11 Å². The van der Waals surface area contributed by atoms with Crippen molar-refractivity contribution < 1.29 is 19.1 Å². The zero-order chi connectivity index (χ0) is 20.4. The number of amides is 1. The summed E-state index contributed by atoms with van der Waals surface area (Å²) in [7, 11) is 1.33. The van der Waals surface area contributed by atoms with Crippen molar-refractivity contribution in [3.63, 3.8) is 0 Å². The number of esters is 1. The fourth-order valence-corrected chi connectivity index (χ4v) is 3.24. The molecule has 0 fully saturated rings. The van der Waals surface area contributed by atoms with Gasteiger partial charge in [-0.05, 0) is 47.1 Å². The van der Waals surface area contributed by atoms with Crippen molar-refractivity contribution in [1.29, 1.82) is 0 Å². The molecule has 0 aliphatic rings. The zero-order valence-electron chi connectivity index (χ0n) is 17.5. The predicted octanol–water partition coefficient (Wildman–Crippen LogP) is 3.38. The smallest absolute Gasteiger partial charge is 0.354 e. The molecule has 0 radical (unpaired) electrons. The molecule has 1 amide bonds. The lowest BCUT2D eigenvalue weighted by Crippen LogP contribution is -2.49. The lowest BCUT2D eigenvalue weighted by atomic mass is 9.99. The Balaban J connectivity index is 3.39. The molecule has 146 valence electrons. The number of aromatic nitrogens is 1. The Labute approximate surface area is 156 Å². The summed E-state index contributed by atoms with van der Waals surface area (Å²) in [5, 5.41) is 0. The number of rotatable bonds is 6. The molecule has 0 spiro atoms. The third-order valence-electron chi connectivity index (χ3n) is 4.61. The molecule has 6 nitrogen and oxygen atoms in total. The number of ether oxygens (including phenoxy) is 1. The van der Waals surface area contributed by atoms with Crippen LogP contribution in [0, 0.1) is 19.8 Å². The third kappa shape index (κ3) is 4.17. The van der Waals surface area contributed by atoms with E-state index >= 15 is 0 Å². The Morgan fingerprint density at radius 2 is 1.69 bits per heavy atom. The first-order chi connectivity index (χ1) is 11.9. The first kappa shape index (κ1) is 21.9. The van der Waals surface area contributed by atoms with Gasteiger partial charge in [0.1, 0.15) is 5.69 Å². The van der Waals surface area contributed by atoms with Crippen LogP contribution in [0.25, 0.3) is 0 Å². The molecule has 1 aromatic rings. The summed E-state index contributed by atoms with van der Waals surface area (Å²) in [4.78, 5) is 39.5. The highest BCUT2D eigenvalue weighted by Crippen LogP contribution is 2.25. The molecule has 26 heavy (non-hydrogen) atoms. The van der Waals surface area contributed by atoms with E-state index in [0.29, 0.717) is 23.4 Å². The highest BCUT2D eigenvalue weighted by atomic mass is 16.5. The highest BCUT2D eigenvalue weighted by molar-refractivity contribution is 6.04. The summed E-state index contributed by atoms with van der Waals surface area (Å²) in [6.07, 6.45) is 0. The van der Waals surface area contributed by atoms with Crippen molar-refractivity contribution in [2.24, 2.45) is 5.92 Å². The van der Waals surface area contributed by atoms with E-state index in [2.05, 4.69) is 0 Å². The maximum absolute atomic E-state index is 13.1. The van der Waals surface area contributed by atoms with Gasteiger partial charge in [0.15, 0.2) is 5.78 Å². The summed E-state index contributed by atoms with van der Waals surface area (Å²) < 4.78 is 6.67. The number of Topliss-reactive ketones (excluding diaryl/α,β-unsaturated/α-hetero) is 1. The fraction of sp³-hybridized carbons (Fsp3) is 0.650. The number of hydrogen-bond acceptors (Lipinski definition) is 4. The van der Waals surface area contributed by atoms with Crippen molar-refractivity contribution in [1.82, 2.24) is 9.47 Å². The van der Waals surface area contributed by atoms with Crippen LogP contribution in [0.1, 0.15) is 73.6 Å². The number of carbonyl (C=O) groups is 3. The van der Waals surface area contributed by atoms with Crippen molar-refractivity contribution in [2.75, 3.05) is 13.7 Å². The van der Waals surface area contributed by atoms with Crippen molar-refractivity contribution in [3.05, 3.63) is 22.5 Å². The van der Waals surface area contributed by atoms with Gasteiger partial charge in [0.25, 0.3) is 0 Å². The minimum Gasteiger partial charge on any atom is -0.464 e. The molecule has 0 saturated heterocycles. The maximum Gasteiger partial charge on any atom is 0.354 e. The number of carbonyl (C=O) groups excluding carboxylic acids is 3. The number of methoxy groups -OCH3 is 1. The molecule has 0 N–H and O–H groups in total. The Bertz CT molecular complexity index is 708. The summed E-state index contributed by atoms with van der Waals surface area (Å²) in [6, 6.07) is 0. The second kappa shape index (κ2) is 8.06. The monoisotopic (exact) mass is 364 g/mol. The zero-order valence-corrected chi connectivity index (χ0v) is 17.5. The average Bonchev–Trinajstić information content (AvgIpc) is 2.79. The molecule has 0 aromatic carbocycles. The van der Waals surface area contributed by atoms with Crippen LogP contribution in [0.4, 0.5) is 0 Å². The number of nitrogens with zero attached hydrogens (tertiary/aromatic N) is 2. The number of hydrogen-bond donors (Lipinski definition) is 0. The second-order valence-corrected chi connectivity index (χ2v) is 7.84. The predicted molar refractivity (Wildman–Crippen MR) is 102 cm³/mol. The van der Waals surface area contributed by atoms with Gasteiger partial charge < -0.3 is 14.2 Å². The molecule has 1 aromatic heterocycles. The Kier molecular flexibility index (Phi) is 6.80. The lowest BCUT2D eigenvalue weighted by Gasteiger charge is -2.36. The van der Waals surface area contributed by atoms with Gasteiger partial charge in [0.05, 0.1) is 13.7 Å². The number of ketones is 1. The van der Waals surface area contributed by atoms with Crippen LogP contribution in [0.5, 0.6) is 0 Å². The van der Waals surface area contributed by atoms with E-state index in [1.807, 2.05) is 48.5 Å². The van der Waals surface area contributed by atoms with Gasteiger partial charge in [-0.3, -0.25) is 9.59 Å². The van der Waals surface area contributed by atoms with Gasteiger partial charge in [-0.2, -0.15) is 0 Å². The van der Waals surface area contributed by atoms with Gasteiger partial charge in [0, 0.05) is 29.3 Å². The van der Waals surface area contributed by atoms with E-state index in [0.717, 1.165) is 5.69 Å². The largest absolute Gasteiger partial charge is 0.464 e. The summed E-state index contributed by atoms with van der Waals surface area (Å²) in [6.45, 7) is 15.4. The topological polar surface area (TPSA) is 68.6 Å². The van der Waals surface area contributed by atoms with Gasteiger partial charge in [-0.15, -0.1) is 0 Å². The summed E-state index contributed by atoms with van der Waals surface area (Å²) >= 11 is 0. The first-order valence-corrected chi connectivity index (χ1v) is 9.01. The average molecular weight is 364 g/mol. The molecular weight excluding hydrogens is 332 g/mol. The SMILES string of the molecule is CCn1c(C)c(C(=O)CN(C(=O)C(C)C)C(C)(C)C)c(C)c1C(=O)OC.